The van der Waals surface area contributed by atoms with Gasteiger partial charge in [-0.05, 0) is 56.3 Å². The highest BCUT2D eigenvalue weighted by molar-refractivity contribution is 7.26. The standard InChI is InChI=1S/C43H27N3S/c1-3-12-26(13-4-1)41-44-42(27-14-5-2-6-15-27)46-43(45-41)35-17-8-7-16-28(35)29-24-25-34-33-21-11-23-37-40(33)39-32(20-10-22-36(39)47-37)31-19-9-18-30(29)38(31)34/h1-25,43H,(H,44,45,46). The Hall–Kier alpha value is -5.84. The quantitative estimate of drug-likeness (QED) is 0.210. The van der Waals surface area contributed by atoms with Gasteiger partial charge < -0.3 is 5.32 Å². The minimum absolute atomic E-state index is 0.416. The Morgan fingerprint density at radius 3 is 1.53 bits per heavy atom. The van der Waals surface area contributed by atoms with Gasteiger partial charge in [0.25, 0.3) is 0 Å². The maximum absolute atomic E-state index is 5.23. The summed E-state index contributed by atoms with van der Waals surface area (Å²) in [6.07, 6.45) is -0.416. The zero-order valence-corrected chi connectivity index (χ0v) is 26.1. The predicted molar refractivity (Wildman–Crippen MR) is 199 cm³/mol. The highest BCUT2D eigenvalue weighted by atomic mass is 32.1. The van der Waals surface area contributed by atoms with Crippen molar-refractivity contribution in [1.29, 1.82) is 0 Å². The summed E-state index contributed by atoms with van der Waals surface area (Å²) in [5, 5.41) is 8.82. The van der Waals surface area contributed by atoms with E-state index < -0.39 is 6.17 Å². The Labute approximate surface area is 276 Å². The van der Waals surface area contributed by atoms with E-state index in [4.69, 9.17) is 9.98 Å². The van der Waals surface area contributed by atoms with E-state index in [2.05, 4.69) is 121 Å². The topological polar surface area (TPSA) is 36.8 Å². The SMILES string of the molecule is c1ccc(C2=NC(c3ccccc3-c3ccc4c5c(cccc35)-c3cccc5sc6cccc-4c6c35)N=C(c3ccccc3)N2)cc1. The van der Waals surface area contributed by atoms with Gasteiger partial charge >= 0.3 is 0 Å². The van der Waals surface area contributed by atoms with E-state index in [9.17, 15) is 0 Å². The van der Waals surface area contributed by atoms with Crippen molar-refractivity contribution in [3.05, 3.63) is 168 Å². The normalized spacial score (nSPS) is 13.9. The van der Waals surface area contributed by atoms with E-state index in [0.29, 0.717) is 0 Å². The lowest BCUT2D eigenvalue weighted by Gasteiger charge is -2.24. The fourth-order valence-corrected chi connectivity index (χ4v) is 8.61. The highest BCUT2D eigenvalue weighted by Crippen LogP contribution is 2.52. The summed E-state index contributed by atoms with van der Waals surface area (Å²) in [6, 6.07) is 54.3. The van der Waals surface area contributed by atoms with Crippen LogP contribution in [0.1, 0.15) is 22.9 Å². The maximum atomic E-state index is 5.23. The van der Waals surface area contributed by atoms with E-state index >= 15 is 0 Å². The summed E-state index contributed by atoms with van der Waals surface area (Å²) in [4.78, 5) is 10.5. The molecule has 0 fully saturated rings. The summed E-state index contributed by atoms with van der Waals surface area (Å²) in [5.74, 6) is 1.64. The summed E-state index contributed by atoms with van der Waals surface area (Å²) >= 11 is 1.89. The van der Waals surface area contributed by atoms with Gasteiger partial charge in [-0.2, -0.15) is 0 Å². The summed E-state index contributed by atoms with van der Waals surface area (Å²) < 4.78 is 2.68. The number of rotatable bonds is 4. The molecule has 2 aliphatic rings. The number of fused-ring (bicyclic) bond motifs is 2. The predicted octanol–water partition coefficient (Wildman–Crippen LogP) is 11.0. The molecule has 0 spiro atoms. The van der Waals surface area contributed by atoms with Gasteiger partial charge in [-0.25, -0.2) is 9.98 Å². The number of benzene rings is 7. The molecule has 47 heavy (non-hydrogen) atoms. The first-order chi connectivity index (χ1) is 23.3. The van der Waals surface area contributed by atoms with Crippen LogP contribution >= 0.6 is 11.3 Å². The average molecular weight is 618 g/mol. The molecule has 8 aromatic rings. The minimum Gasteiger partial charge on any atom is -0.324 e. The van der Waals surface area contributed by atoms with Gasteiger partial charge in [-0.3, -0.25) is 0 Å². The molecule has 7 aromatic carbocycles. The van der Waals surface area contributed by atoms with E-state index in [0.717, 1.165) is 33.9 Å². The third-order valence-corrected chi connectivity index (χ3v) is 10.6. The molecule has 1 aliphatic carbocycles. The molecule has 0 saturated carbocycles. The van der Waals surface area contributed by atoms with Crippen molar-refractivity contribution in [2.45, 2.75) is 6.17 Å². The molecule has 4 heteroatoms. The number of hydrogen-bond donors (Lipinski definition) is 1. The lowest BCUT2D eigenvalue weighted by atomic mass is 9.87. The van der Waals surface area contributed by atoms with Crippen LogP contribution in [0.5, 0.6) is 0 Å². The van der Waals surface area contributed by atoms with Crippen molar-refractivity contribution in [3.63, 3.8) is 0 Å². The molecule has 220 valence electrons. The summed E-state index contributed by atoms with van der Waals surface area (Å²) in [7, 11) is 0. The van der Waals surface area contributed by atoms with Crippen LogP contribution in [0.2, 0.25) is 0 Å². The second-order valence-corrected chi connectivity index (χ2v) is 13.2. The molecular weight excluding hydrogens is 591 g/mol. The van der Waals surface area contributed by atoms with Gasteiger partial charge in [0.05, 0.1) is 0 Å². The zero-order chi connectivity index (χ0) is 30.9. The molecule has 0 bridgehead atoms. The van der Waals surface area contributed by atoms with Crippen LogP contribution in [0.3, 0.4) is 0 Å². The Morgan fingerprint density at radius 1 is 0.404 bits per heavy atom. The molecule has 2 heterocycles. The van der Waals surface area contributed by atoms with E-state index in [1.165, 1.54) is 58.8 Å². The van der Waals surface area contributed by atoms with Crippen LogP contribution in [0.15, 0.2) is 162 Å². The van der Waals surface area contributed by atoms with Crippen molar-refractivity contribution < 1.29 is 0 Å². The van der Waals surface area contributed by atoms with Gasteiger partial charge in [-0.1, -0.05) is 140 Å². The molecule has 1 aromatic heterocycles. The second-order valence-electron chi connectivity index (χ2n) is 12.1. The number of thiophene rings is 1. The van der Waals surface area contributed by atoms with Crippen LogP contribution in [0.4, 0.5) is 0 Å². The fourth-order valence-electron chi connectivity index (χ4n) is 7.45. The Balaban J connectivity index is 1.21. The van der Waals surface area contributed by atoms with Crippen LogP contribution in [0, 0.1) is 0 Å². The van der Waals surface area contributed by atoms with Gasteiger partial charge in [0.2, 0.25) is 0 Å². The van der Waals surface area contributed by atoms with Crippen LogP contribution in [0.25, 0.3) is 64.3 Å². The Kier molecular flexibility index (Phi) is 5.81. The van der Waals surface area contributed by atoms with Gasteiger partial charge in [0.1, 0.15) is 11.7 Å². The van der Waals surface area contributed by atoms with Gasteiger partial charge in [-0.15, -0.1) is 11.3 Å². The first kappa shape index (κ1) is 26.4. The van der Waals surface area contributed by atoms with Gasteiger partial charge in [0.15, 0.2) is 6.17 Å². The summed E-state index contributed by atoms with van der Waals surface area (Å²) in [5.41, 5.74) is 10.7. The van der Waals surface area contributed by atoms with E-state index in [1.807, 2.05) is 47.7 Å². The smallest absolute Gasteiger partial charge is 0.170 e. The van der Waals surface area contributed by atoms with Crippen LogP contribution < -0.4 is 5.32 Å². The average Bonchev–Trinajstić information content (AvgIpc) is 3.48. The van der Waals surface area contributed by atoms with Crippen molar-refractivity contribution in [2.75, 3.05) is 0 Å². The van der Waals surface area contributed by atoms with Crippen molar-refractivity contribution >= 4 is 54.0 Å². The molecule has 0 atom stereocenters. The molecule has 1 aliphatic heterocycles. The first-order valence-electron chi connectivity index (χ1n) is 16.0. The molecule has 3 nitrogen and oxygen atoms in total. The number of hydrogen-bond acceptors (Lipinski definition) is 4. The Bertz CT molecular complexity index is 2480. The maximum Gasteiger partial charge on any atom is 0.170 e. The number of aliphatic imine (C=N–C) groups is 2. The van der Waals surface area contributed by atoms with Crippen molar-refractivity contribution in [3.8, 4) is 33.4 Å². The van der Waals surface area contributed by atoms with E-state index in [-0.39, 0.29) is 0 Å². The second kappa shape index (κ2) is 10.3. The molecule has 10 rings (SSSR count). The number of nitrogens with zero attached hydrogens (tertiary/aromatic N) is 2. The van der Waals surface area contributed by atoms with Gasteiger partial charge in [0, 0.05) is 36.9 Å². The lowest BCUT2D eigenvalue weighted by molar-refractivity contribution is 0.757. The molecule has 0 saturated heterocycles. The third-order valence-electron chi connectivity index (χ3n) is 9.51. The summed E-state index contributed by atoms with van der Waals surface area (Å²) in [6.45, 7) is 0. The molecule has 0 amide bonds. The van der Waals surface area contributed by atoms with Crippen LogP contribution in [-0.2, 0) is 0 Å². The first-order valence-corrected chi connectivity index (χ1v) is 16.8. The fraction of sp³-hybridized carbons (Fsp3) is 0.0233. The monoisotopic (exact) mass is 617 g/mol. The minimum atomic E-state index is -0.416. The third kappa shape index (κ3) is 4.05. The van der Waals surface area contributed by atoms with Crippen LogP contribution in [-0.4, -0.2) is 11.7 Å². The lowest BCUT2D eigenvalue weighted by Crippen LogP contribution is -2.36. The largest absolute Gasteiger partial charge is 0.324 e. The molecule has 0 radical (unpaired) electrons. The zero-order valence-electron chi connectivity index (χ0n) is 25.3. The molecular formula is C43H27N3S. The molecule has 0 unspecified atom stereocenters. The Morgan fingerprint density at radius 2 is 0.894 bits per heavy atom. The van der Waals surface area contributed by atoms with Crippen molar-refractivity contribution in [1.82, 2.24) is 5.32 Å². The molecule has 1 N–H and O–H groups in total. The number of amidine groups is 2. The highest BCUT2D eigenvalue weighted by Gasteiger charge is 2.26. The van der Waals surface area contributed by atoms with Crippen molar-refractivity contribution in [2.24, 2.45) is 9.98 Å². The van der Waals surface area contributed by atoms with E-state index in [1.54, 1.807) is 0 Å². The number of nitrogens with one attached hydrogen (secondary N) is 1.